The van der Waals surface area contributed by atoms with Gasteiger partial charge >= 0.3 is 0 Å². The van der Waals surface area contributed by atoms with Crippen LogP contribution in [0.1, 0.15) is 23.6 Å². The van der Waals surface area contributed by atoms with Crippen LogP contribution in [-0.4, -0.2) is 6.04 Å². The summed E-state index contributed by atoms with van der Waals surface area (Å²) in [5.74, 6) is -0.354. The number of nitrogens with zero attached hydrogens (tertiary/aromatic N) is 1. The molecule has 0 saturated carbocycles. The van der Waals surface area contributed by atoms with Gasteiger partial charge in [0.1, 0.15) is 5.82 Å². The average molecular weight is 347 g/mol. The molecule has 0 amide bonds. The number of rotatable bonds is 4. The second-order valence-electron chi connectivity index (χ2n) is 5.12. The molecule has 0 aliphatic rings. The Labute approximate surface area is 132 Å². The second-order valence-corrected chi connectivity index (χ2v) is 6.03. The summed E-state index contributed by atoms with van der Waals surface area (Å²) in [5.41, 5.74) is 2.75. The average Bonchev–Trinajstić information content (AvgIpc) is 2.46. The molecule has 2 aromatic carbocycles. The fourth-order valence-electron chi connectivity index (χ4n) is 2.18. The van der Waals surface area contributed by atoms with Crippen LogP contribution >= 0.6 is 15.9 Å². The molecule has 4 heteroatoms. The minimum atomic E-state index is -0.354. The Hall–Kier alpha value is -1.86. The molecule has 0 aromatic heterocycles. The minimum Gasteiger partial charge on any atom is -0.382 e. The predicted octanol–water partition coefficient (Wildman–Crippen LogP) is 4.81. The highest BCUT2D eigenvalue weighted by atomic mass is 79.9. The molecule has 1 unspecified atom stereocenters. The smallest absolute Gasteiger partial charge is 0.129 e. The molecule has 0 aliphatic carbocycles. The first-order valence-corrected chi connectivity index (χ1v) is 7.50. The van der Waals surface area contributed by atoms with E-state index < -0.39 is 0 Å². The van der Waals surface area contributed by atoms with Crippen LogP contribution in [0.25, 0.3) is 0 Å². The zero-order chi connectivity index (χ0) is 15.4. The van der Waals surface area contributed by atoms with Crippen molar-refractivity contribution in [3.8, 4) is 6.07 Å². The highest BCUT2D eigenvalue weighted by Gasteiger charge is 2.10. The van der Waals surface area contributed by atoms with E-state index in [-0.39, 0.29) is 11.9 Å². The number of anilines is 1. The van der Waals surface area contributed by atoms with Crippen molar-refractivity contribution in [3.05, 3.63) is 63.4 Å². The third-order valence-electron chi connectivity index (χ3n) is 3.33. The summed E-state index contributed by atoms with van der Waals surface area (Å²) in [7, 11) is 0. The molecule has 0 aliphatic heterocycles. The number of halogens is 2. The molecule has 0 fully saturated rings. The molecule has 1 N–H and O–H groups in total. The van der Waals surface area contributed by atoms with Crippen LogP contribution in [0.5, 0.6) is 0 Å². The van der Waals surface area contributed by atoms with E-state index >= 15 is 0 Å². The topological polar surface area (TPSA) is 35.8 Å². The van der Waals surface area contributed by atoms with Crippen molar-refractivity contribution in [2.45, 2.75) is 26.3 Å². The van der Waals surface area contributed by atoms with Gasteiger partial charge in [-0.3, -0.25) is 0 Å². The largest absolute Gasteiger partial charge is 0.382 e. The van der Waals surface area contributed by atoms with Gasteiger partial charge in [0.15, 0.2) is 0 Å². The summed E-state index contributed by atoms with van der Waals surface area (Å²) in [4.78, 5) is 0. The summed E-state index contributed by atoms with van der Waals surface area (Å²) in [5, 5.41) is 12.2. The van der Waals surface area contributed by atoms with Gasteiger partial charge in [0.2, 0.25) is 0 Å². The van der Waals surface area contributed by atoms with Crippen LogP contribution < -0.4 is 5.32 Å². The fourth-order valence-corrected chi connectivity index (χ4v) is 2.45. The number of hydrogen-bond acceptors (Lipinski definition) is 2. The molecule has 0 saturated heterocycles. The van der Waals surface area contributed by atoms with E-state index in [9.17, 15) is 4.39 Å². The first kappa shape index (κ1) is 15.5. The lowest BCUT2D eigenvalue weighted by Gasteiger charge is -2.18. The molecule has 0 bridgehead atoms. The summed E-state index contributed by atoms with van der Waals surface area (Å²) >= 11 is 3.41. The predicted molar refractivity (Wildman–Crippen MR) is 86.8 cm³/mol. The Morgan fingerprint density at radius 2 is 1.95 bits per heavy atom. The molecule has 21 heavy (non-hydrogen) atoms. The molecular formula is C17H16BrFN2. The highest BCUT2D eigenvalue weighted by Crippen LogP contribution is 2.22. The van der Waals surface area contributed by atoms with Gasteiger partial charge in [0.25, 0.3) is 0 Å². The maximum Gasteiger partial charge on any atom is 0.129 e. The number of hydrogen-bond donors (Lipinski definition) is 1. The zero-order valence-electron chi connectivity index (χ0n) is 12.0. The van der Waals surface area contributed by atoms with Crippen molar-refractivity contribution in [1.82, 2.24) is 0 Å². The van der Waals surface area contributed by atoms with Crippen LogP contribution in [0.4, 0.5) is 10.1 Å². The summed E-state index contributed by atoms with van der Waals surface area (Å²) < 4.78 is 14.8. The Kier molecular flexibility index (Phi) is 4.98. The quantitative estimate of drug-likeness (QED) is 0.861. The van der Waals surface area contributed by atoms with E-state index in [0.717, 1.165) is 10.9 Å². The van der Waals surface area contributed by atoms with Gasteiger partial charge in [-0.05, 0) is 50.1 Å². The fraction of sp³-hybridized carbons (Fsp3) is 0.235. The third kappa shape index (κ3) is 4.05. The monoisotopic (exact) mass is 346 g/mol. The minimum absolute atomic E-state index is 0.137. The van der Waals surface area contributed by atoms with Crippen molar-refractivity contribution in [2.75, 3.05) is 5.32 Å². The second kappa shape index (κ2) is 6.73. The van der Waals surface area contributed by atoms with Crippen molar-refractivity contribution in [1.29, 1.82) is 5.26 Å². The van der Waals surface area contributed by atoms with Crippen molar-refractivity contribution < 1.29 is 4.39 Å². The van der Waals surface area contributed by atoms with Crippen LogP contribution in [0, 0.1) is 24.1 Å². The lowest BCUT2D eigenvalue weighted by Crippen LogP contribution is -2.19. The van der Waals surface area contributed by atoms with Gasteiger partial charge in [-0.1, -0.05) is 28.1 Å². The SMILES string of the molecule is Cc1c(F)cc(C#N)cc1NC(C)Cc1ccc(Br)cc1. The molecule has 0 spiro atoms. The van der Waals surface area contributed by atoms with Crippen LogP contribution in [-0.2, 0) is 6.42 Å². The van der Waals surface area contributed by atoms with E-state index in [1.54, 1.807) is 13.0 Å². The molecule has 2 nitrogen and oxygen atoms in total. The Morgan fingerprint density at radius 3 is 2.57 bits per heavy atom. The van der Waals surface area contributed by atoms with E-state index in [0.29, 0.717) is 16.8 Å². The number of nitriles is 1. The molecule has 2 aromatic rings. The standard InChI is InChI=1S/C17H16BrFN2/c1-11(7-13-3-5-15(18)6-4-13)21-17-9-14(10-20)8-16(19)12(17)2/h3-6,8-9,11,21H,7H2,1-2H3. The molecule has 0 heterocycles. The lowest BCUT2D eigenvalue weighted by atomic mass is 10.1. The van der Waals surface area contributed by atoms with Gasteiger partial charge in [0, 0.05) is 21.8 Å². The van der Waals surface area contributed by atoms with Gasteiger partial charge < -0.3 is 5.32 Å². The number of nitrogens with one attached hydrogen (secondary N) is 1. The molecule has 108 valence electrons. The van der Waals surface area contributed by atoms with E-state index in [4.69, 9.17) is 5.26 Å². The van der Waals surface area contributed by atoms with Crippen molar-refractivity contribution in [3.63, 3.8) is 0 Å². The molecular weight excluding hydrogens is 331 g/mol. The van der Waals surface area contributed by atoms with Crippen LogP contribution in [0.15, 0.2) is 40.9 Å². The van der Waals surface area contributed by atoms with Crippen molar-refractivity contribution >= 4 is 21.6 Å². The van der Waals surface area contributed by atoms with E-state index in [1.807, 2.05) is 25.1 Å². The highest BCUT2D eigenvalue weighted by molar-refractivity contribution is 9.10. The van der Waals surface area contributed by atoms with Crippen molar-refractivity contribution in [2.24, 2.45) is 0 Å². The summed E-state index contributed by atoms with van der Waals surface area (Å²) in [6.45, 7) is 3.75. The van der Waals surface area contributed by atoms with Gasteiger partial charge in [-0.15, -0.1) is 0 Å². The Balaban J connectivity index is 2.12. The Bertz CT molecular complexity index is 674. The first-order chi connectivity index (χ1) is 9.99. The normalized spacial score (nSPS) is 11.8. The summed E-state index contributed by atoms with van der Waals surface area (Å²) in [6, 6.07) is 13.2. The van der Waals surface area contributed by atoms with Crippen LogP contribution in [0.2, 0.25) is 0 Å². The molecule has 2 rings (SSSR count). The maximum absolute atomic E-state index is 13.8. The summed E-state index contributed by atoms with van der Waals surface area (Å²) in [6.07, 6.45) is 0.825. The first-order valence-electron chi connectivity index (χ1n) is 6.71. The molecule has 0 radical (unpaired) electrons. The zero-order valence-corrected chi connectivity index (χ0v) is 13.5. The van der Waals surface area contributed by atoms with E-state index in [2.05, 4.69) is 33.4 Å². The third-order valence-corrected chi connectivity index (χ3v) is 3.86. The lowest BCUT2D eigenvalue weighted by molar-refractivity contribution is 0.618. The van der Waals surface area contributed by atoms with Crippen LogP contribution in [0.3, 0.4) is 0 Å². The van der Waals surface area contributed by atoms with Gasteiger partial charge in [0.05, 0.1) is 11.6 Å². The van der Waals surface area contributed by atoms with Gasteiger partial charge in [-0.25, -0.2) is 4.39 Å². The maximum atomic E-state index is 13.8. The number of benzene rings is 2. The Morgan fingerprint density at radius 1 is 1.29 bits per heavy atom. The molecule has 1 atom stereocenters. The van der Waals surface area contributed by atoms with E-state index in [1.165, 1.54) is 11.6 Å². The van der Waals surface area contributed by atoms with Gasteiger partial charge in [-0.2, -0.15) is 5.26 Å².